The number of rotatable bonds is 3. The van der Waals surface area contributed by atoms with E-state index in [1.165, 1.54) is 0 Å². The highest BCUT2D eigenvalue weighted by Crippen LogP contribution is 2.32. The van der Waals surface area contributed by atoms with Crippen molar-refractivity contribution in [2.24, 2.45) is 0 Å². The third-order valence-electron chi connectivity index (χ3n) is 4.34. The molecule has 0 fully saturated rings. The quantitative estimate of drug-likeness (QED) is 0.498. The molecule has 0 N–H and O–H groups in total. The molecule has 0 unspecified atom stereocenters. The lowest BCUT2D eigenvalue weighted by atomic mass is 10.1. The van der Waals surface area contributed by atoms with Crippen LogP contribution in [0.3, 0.4) is 0 Å². The van der Waals surface area contributed by atoms with Crippen molar-refractivity contribution in [2.75, 3.05) is 0 Å². The lowest BCUT2D eigenvalue weighted by Gasteiger charge is -2.10. The number of pyridine rings is 3. The van der Waals surface area contributed by atoms with Gasteiger partial charge in [-0.2, -0.15) is 13.2 Å². The molecular weight excluding hydrogens is 367 g/mol. The summed E-state index contributed by atoms with van der Waals surface area (Å²) in [5.41, 5.74) is 1.71. The molecule has 28 heavy (non-hydrogen) atoms. The smallest absolute Gasteiger partial charge is 0.274 e. The minimum atomic E-state index is -4.49. The summed E-state index contributed by atoms with van der Waals surface area (Å²) in [5, 5.41) is 0. The summed E-state index contributed by atoms with van der Waals surface area (Å²) in [6.45, 7) is 4.07. The first-order valence-electron chi connectivity index (χ1n) is 8.68. The highest BCUT2D eigenvalue weighted by molar-refractivity contribution is 5.79. The van der Waals surface area contributed by atoms with E-state index in [9.17, 15) is 13.2 Å². The van der Waals surface area contributed by atoms with Gasteiger partial charge in [0.15, 0.2) is 11.5 Å². The molecule has 0 aliphatic heterocycles. The molecule has 0 amide bonds. The summed E-state index contributed by atoms with van der Waals surface area (Å²) in [6, 6.07) is 10.0. The van der Waals surface area contributed by atoms with Gasteiger partial charge >= 0.3 is 6.18 Å². The van der Waals surface area contributed by atoms with Crippen LogP contribution < -0.4 is 0 Å². The topological polar surface area (TPSA) is 56.5 Å². The van der Waals surface area contributed by atoms with Crippen LogP contribution in [-0.2, 0) is 6.18 Å². The zero-order chi connectivity index (χ0) is 19.9. The van der Waals surface area contributed by atoms with E-state index in [0.29, 0.717) is 22.9 Å². The number of aromatic nitrogens is 5. The molecule has 8 heteroatoms. The highest BCUT2D eigenvalue weighted by Gasteiger charge is 2.32. The zero-order valence-electron chi connectivity index (χ0n) is 15.1. The maximum absolute atomic E-state index is 13.1. The first kappa shape index (κ1) is 18.1. The monoisotopic (exact) mass is 383 g/mol. The molecule has 142 valence electrons. The SMILES string of the molecule is CC(C)c1ccc(-n2c(-c3ccccn3)nc3cc(C(F)(F)F)cnc32)cn1. The molecule has 4 heterocycles. The van der Waals surface area contributed by atoms with E-state index in [-0.39, 0.29) is 11.4 Å². The molecule has 0 saturated heterocycles. The molecule has 0 atom stereocenters. The van der Waals surface area contributed by atoms with E-state index in [0.717, 1.165) is 18.0 Å². The largest absolute Gasteiger partial charge is 0.417 e. The molecule has 0 radical (unpaired) electrons. The molecule has 0 spiro atoms. The van der Waals surface area contributed by atoms with Gasteiger partial charge in [-0.15, -0.1) is 0 Å². The van der Waals surface area contributed by atoms with Crippen LogP contribution in [0.2, 0.25) is 0 Å². The summed E-state index contributed by atoms with van der Waals surface area (Å²) in [7, 11) is 0. The van der Waals surface area contributed by atoms with Crippen LogP contribution in [0.15, 0.2) is 55.0 Å². The first-order chi connectivity index (χ1) is 13.3. The number of imidazole rings is 1. The van der Waals surface area contributed by atoms with Gasteiger partial charge in [-0.3, -0.25) is 14.5 Å². The minimum Gasteiger partial charge on any atom is -0.274 e. The van der Waals surface area contributed by atoms with E-state index in [1.54, 1.807) is 35.2 Å². The number of hydrogen-bond donors (Lipinski definition) is 0. The summed E-state index contributed by atoms with van der Waals surface area (Å²) >= 11 is 0. The fourth-order valence-corrected chi connectivity index (χ4v) is 2.90. The molecule has 0 aliphatic rings. The Hall–Kier alpha value is -3.29. The Kier molecular flexibility index (Phi) is 4.33. The van der Waals surface area contributed by atoms with Gasteiger partial charge in [0.25, 0.3) is 0 Å². The lowest BCUT2D eigenvalue weighted by Crippen LogP contribution is -2.06. The van der Waals surface area contributed by atoms with E-state index in [1.807, 2.05) is 26.0 Å². The van der Waals surface area contributed by atoms with Crippen molar-refractivity contribution < 1.29 is 13.2 Å². The van der Waals surface area contributed by atoms with Crippen molar-refractivity contribution in [3.63, 3.8) is 0 Å². The van der Waals surface area contributed by atoms with Crippen molar-refractivity contribution in [1.29, 1.82) is 0 Å². The van der Waals surface area contributed by atoms with Gasteiger partial charge in [-0.1, -0.05) is 19.9 Å². The highest BCUT2D eigenvalue weighted by atomic mass is 19.4. The summed E-state index contributed by atoms with van der Waals surface area (Å²) in [4.78, 5) is 17.2. The maximum Gasteiger partial charge on any atom is 0.417 e. The Morgan fingerprint density at radius 2 is 1.79 bits per heavy atom. The molecule has 4 aromatic rings. The molecule has 0 aromatic carbocycles. The van der Waals surface area contributed by atoms with Gasteiger partial charge < -0.3 is 0 Å². The molecule has 0 saturated carbocycles. The molecule has 4 aromatic heterocycles. The minimum absolute atomic E-state index is 0.142. The fourth-order valence-electron chi connectivity index (χ4n) is 2.90. The van der Waals surface area contributed by atoms with Crippen LogP contribution >= 0.6 is 0 Å². The van der Waals surface area contributed by atoms with Crippen LogP contribution in [0.1, 0.15) is 31.0 Å². The van der Waals surface area contributed by atoms with Crippen LogP contribution in [0.25, 0.3) is 28.4 Å². The fraction of sp³-hybridized carbons (Fsp3) is 0.200. The van der Waals surface area contributed by atoms with Gasteiger partial charge in [0.05, 0.1) is 17.4 Å². The third-order valence-corrected chi connectivity index (χ3v) is 4.34. The van der Waals surface area contributed by atoms with Gasteiger partial charge in [0.2, 0.25) is 0 Å². The number of nitrogens with zero attached hydrogens (tertiary/aromatic N) is 5. The molecule has 0 aliphatic carbocycles. The third kappa shape index (κ3) is 3.21. The van der Waals surface area contributed by atoms with Gasteiger partial charge in [-0.25, -0.2) is 9.97 Å². The maximum atomic E-state index is 13.1. The van der Waals surface area contributed by atoms with E-state index >= 15 is 0 Å². The lowest BCUT2D eigenvalue weighted by molar-refractivity contribution is -0.137. The van der Waals surface area contributed by atoms with Crippen molar-refractivity contribution in [2.45, 2.75) is 25.9 Å². The predicted molar refractivity (Wildman–Crippen MR) is 99.0 cm³/mol. The van der Waals surface area contributed by atoms with Gasteiger partial charge in [0, 0.05) is 18.1 Å². The van der Waals surface area contributed by atoms with Crippen molar-refractivity contribution in [3.05, 3.63) is 66.2 Å². The van der Waals surface area contributed by atoms with Gasteiger partial charge in [-0.05, 0) is 36.2 Å². The van der Waals surface area contributed by atoms with Crippen LogP contribution in [-0.4, -0.2) is 24.5 Å². The second-order valence-corrected chi connectivity index (χ2v) is 6.65. The van der Waals surface area contributed by atoms with E-state index < -0.39 is 11.7 Å². The number of alkyl halides is 3. The zero-order valence-corrected chi connectivity index (χ0v) is 15.1. The van der Waals surface area contributed by atoms with Crippen molar-refractivity contribution in [3.8, 4) is 17.2 Å². The second-order valence-electron chi connectivity index (χ2n) is 6.65. The number of hydrogen-bond acceptors (Lipinski definition) is 4. The van der Waals surface area contributed by atoms with Crippen molar-refractivity contribution >= 4 is 11.2 Å². The van der Waals surface area contributed by atoms with Crippen LogP contribution in [0.4, 0.5) is 13.2 Å². The van der Waals surface area contributed by atoms with Crippen molar-refractivity contribution in [1.82, 2.24) is 24.5 Å². The summed E-state index contributed by atoms with van der Waals surface area (Å²) in [5.74, 6) is 0.665. The second kappa shape index (κ2) is 6.70. The van der Waals surface area contributed by atoms with Crippen LogP contribution in [0.5, 0.6) is 0 Å². The predicted octanol–water partition coefficient (Wildman–Crippen LogP) is 5.02. The first-order valence-corrected chi connectivity index (χ1v) is 8.68. The summed E-state index contributed by atoms with van der Waals surface area (Å²) in [6.07, 6.45) is -0.398. The Bertz CT molecular complexity index is 1120. The van der Waals surface area contributed by atoms with E-state index in [4.69, 9.17) is 0 Å². The average Bonchev–Trinajstić information content (AvgIpc) is 3.07. The Morgan fingerprint density at radius 3 is 2.39 bits per heavy atom. The average molecular weight is 383 g/mol. The Morgan fingerprint density at radius 1 is 0.964 bits per heavy atom. The number of halogens is 3. The van der Waals surface area contributed by atoms with E-state index in [2.05, 4.69) is 19.9 Å². The Balaban J connectivity index is 1.96. The van der Waals surface area contributed by atoms with Gasteiger partial charge in [0.1, 0.15) is 11.2 Å². The Labute approximate surface area is 158 Å². The molecule has 5 nitrogen and oxygen atoms in total. The number of fused-ring (bicyclic) bond motifs is 1. The normalized spacial score (nSPS) is 12.1. The molecule has 4 rings (SSSR count). The standard InChI is InChI=1S/C20H16F3N5/c1-12(2)15-7-6-14(11-25-15)28-18-17(9-13(10-26-18)20(21,22)23)27-19(28)16-5-3-4-8-24-16/h3-12H,1-2H3. The van der Waals surface area contributed by atoms with Crippen LogP contribution in [0, 0.1) is 0 Å². The molecular formula is C20H16F3N5. The summed E-state index contributed by atoms with van der Waals surface area (Å²) < 4.78 is 41.0. The molecule has 0 bridgehead atoms.